The molecule has 0 saturated carbocycles. The number of hydrogen-bond acceptors (Lipinski definition) is 1. The van der Waals surface area contributed by atoms with Crippen molar-refractivity contribution in [1.82, 2.24) is 4.98 Å². The molecule has 2 heteroatoms. The molecule has 0 aliphatic rings. The normalized spacial score (nSPS) is 10.8. The molecule has 88 valence electrons. The van der Waals surface area contributed by atoms with Crippen LogP contribution in [-0.4, -0.2) is 4.98 Å². The second kappa shape index (κ2) is 5.09. The minimum Gasteiger partial charge on any atom is -0.264 e. The molecule has 1 aromatic carbocycles. The zero-order valence-electron chi connectivity index (χ0n) is 10.2. The van der Waals surface area contributed by atoms with Crippen molar-refractivity contribution in [1.29, 1.82) is 0 Å². The Balaban J connectivity index is 2.29. The highest BCUT2D eigenvalue weighted by Crippen LogP contribution is 2.20. The highest BCUT2D eigenvalue weighted by atomic mass is 19.1. The van der Waals surface area contributed by atoms with E-state index < -0.39 is 0 Å². The maximum atomic E-state index is 12.8. The Bertz CT molecular complexity index is 489. The van der Waals surface area contributed by atoms with Crippen LogP contribution < -0.4 is 0 Å². The van der Waals surface area contributed by atoms with Crippen molar-refractivity contribution in [3.63, 3.8) is 0 Å². The quantitative estimate of drug-likeness (QED) is 0.772. The van der Waals surface area contributed by atoms with Crippen LogP contribution in [0.25, 0.3) is 11.1 Å². The van der Waals surface area contributed by atoms with Gasteiger partial charge in [0.15, 0.2) is 0 Å². The van der Waals surface area contributed by atoms with Gasteiger partial charge in [-0.3, -0.25) is 4.98 Å². The predicted molar refractivity (Wildman–Crippen MR) is 68.2 cm³/mol. The molecule has 0 amide bonds. The van der Waals surface area contributed by atoms with Gasteiger partial charge in [0.1, 0.15) is 5.82 Å². The predicted octanol–water partition coefficient (Wildman–Crippen LogP) is 4.09. The van der Waals surface area contributed by atoms with Gasteiger partial charge in [-0.2, -0.15) is 0 Å². The molecule has 0 bridgehead atoms. The monoisotopic (exact) mass is 229 g/mol. The summed E-state index contributed by atoms with van der Waals surface area (Å²) in [5.41, 5.74) is 3.27. The van der Waals surface area contributed by atoms with E-state index in [1.165, 1.54) is 17.7 Å². The van der Waals surface area contributed by atoms with Gasteiger partial charge in [-0.25, -0.2) is 4.39 Å². The molecule has 1 heterocycles. The van der Waals surface area contributed by atoms with E-state index in [1.807, 2.05) is 12.4 Å². The van der Waals surface area contributed by atoms with E-state index in [1.54, 1.807) is 12.1 Å². The minimum absolute atomic E-state index is 0.208. The van der Waals surface area contributed by atoms with Gasteiger partial charge in [0.25, 0.3) is 0 Å². The number of halogens is 1. The average Bonchev–Trinajstić information content (AvgIpc) is 2.29. The summed E-state index contributed by atoms with van der Waals surface area (Å²) in [6.07, 6.45) is 4.73. The largest absolute Gasteiger partial charge is 0.264 e. The van der Waals surface area contributed by atoms with Gasteiger partial charge in [0.2, 0.25) is 0 Å². The summed E-state index contributed by atoms with van der Waals surface area (Å²) in [6.45, 7) is 4.37. The van der Waals surface area contributed by atoms with Crippen LogP contribution in [0.4, 0.5) is 4.39 Å². The van der Waals surface area contributed by atoms with Crippen molar-refractivity contribution in [3.8, 4) is 11.1 Å². The molecule has 2 rings (SSSR count). The fraction of sp³-hybridized carbons (Fsp3) is 0.267. The van der Waals surface area contributed by atoms with Gasteiger partial charge < -0.3 is 0 Å². The third-order valence-electron chi connectivity index (χ3n) is 2.62. The van der Waals surface area contributed by atoms with Crippen LogP contribution in [0.2, 0.25) is 0 Å². The second-order valence-electron chi connectivity index (χ2n) is 4.69. The number of nitrogens with zero attached hydrogens (tertiary/aromatic N) is 1. The lowest BCUT2D eigenvalue weighted by molar-refractivity contribution is 0.628. The first-order valence-electron chi connectivity index (χ1n) is 5.85. The number of pyridine rings is 1. The fourth-order valence-corrected chi connectivity index (χ4v) is 1.87. The summed E-state index contributed by atoms with van der Waals surface area (Å²) in [4.78, 5) is 4.24. The van der Waals surface area contributed by atoms with Gasteiger partial charge in [-0.05, 0) is 41.7 Å². The number of rotatable bonds is 3. The van der Waals surface area contributed by atoms with Crippen molar-refractivity contribution in [2.24, 2.45) is 5.92 Å². The summed E-state index contributed by atoms with van der Waals surface area (Å²) in [7, 11) is 0. The van der Waals surface area contributed by atoms with Gasteiger partial charge in [0.05, 0.1) is 0 Å². The van der Waals surface area contributed by atoms with Crippen molar-refractivity contribution in [2.45, 2.75) is 20.3 Å². The molecule has 0 spiro atoms. The van der Waals surface area contributed by atoms with Gasteiger partial charge in [-0.15, -0.1) is 0 Å². The molecule has 1 aromatic heterocycles. The summed E-state index contributed by atoms with van der Waals surface area (Å²) in [5.74, 6) is 0.403. The molecule has 0 fully saturated rings. The third kappa shape index (κ3) is 3.13. The molecule has 0 atom stereocenters. The molecule has 1 nitrogen and oxygen atoms in total. The van der Waals surface area contributed by atoms with Gasteiger partial charge in [-0.1, -0.05) is 26.0 Å². The van der Waals surface area contributed by atoms with E-state index >= 15 is 0 Å². The lowest BCUT2D eigenvalue weighted by atomic mass is 10.0. The first-order valence-corrected chi connectivity index (χ1v) is 5.85. The Labute approximate surface area is 101 Å². The summed E-state index contributed by atoms with van der Waals surface area (Å²) in [6, 6.07) is 8.64. The Kier molecular flexibility index (Phi) is 3.52. The molecule has 0 saturated heterocycles. The van der Waals surface area contributed by atoms with E-state index in [0.29, 0.717) is 5.92 Å². The number of hydrogen-bond donors (Lipinski definition) is 0. The van der Waals surface area contributed by atoms with E-state index in [0.717, 1.165) is 17.5 Å². The third-order valence-corrected chi connectivity index (χ3v) is 2.62. The summed E-state index contributed by atoms with van der Waals surface area (Å²) < 4.78 is 12.8. The van der Waals surface area contributed by atoms with E-state index in [-0.39, 0.29) is 5.82 Å². The number of aromatic nitrogens is 1. The summed E-state index contributed by atoms with van der Waals surface area (Å²) in [5, 5.41) is 0. The first-order chi connectivity index (χ1) is 8.15. The standard InChI is InChI=1S/C15H16FN/c1-11(2)7-12-8-14(10-17-9-12)13-3-5-15(16)6-4-13/h3-6,8-11H,7H2,1-2H3. The second-order valence-corrected chi connectivity index (χ2v) is 4.69. The van der Waals surface area contributed by atoms with Crippen LogP contribution in [0, 0.1) is 11.7 Å². The average molecular weight is 229 g/mol. The Hall–Kier alpha value is -1.70. The van der Waals surface area contributed by atoms with Crippen molar-refractivity contribution in [2.75, 3.05) is 0 Å². The Morgan fingerprint density at radius 2 is 1.76 bits per heavy atom. The van der Waals surface area contributed by atoms with Crippen molar-refractivity contribution >= 4 is 0 Å². The number of benzene rings is 1. The maximum absolute atomic E-state index is 12.8. The fourth-order valence-electron chi connectivity index (χ4n) is 1.87. The highest BCUT2D eigenvalue weighted by Gasteiger charge is 2.02. The lowest BCUT2D eigenvalue weighted by Gasteiger charge is -2.07. The topological polar surface area (TPSA) is 12.9 Å². The molecule has 2 aromatic rings. The van der Waals surface area contributed by atoms with Crippen LogP contribution in [-0.2, 0) is 6.42 Å². The zero-order valence-corrected chi connectivity index (χ0v) is 10.2. The Morgan fingerprint density at radius 3 is 2.41 bits per heavy atom. The first kappa shape index (κ1) is 11.8. The van der Waals surface area contributed by atoms with Crippen LogP contribution in [0.3, 0.4) is 0 Å². The van der Waals surface area contributed by atoms with Crippen molar-refractivity contribution < 1.29 is 4.39 Å². The maximum Gasteiger partial charge on any atom is 0.123 e. The van der Waals surface area contributed by atoms with E-state index in [2.05, 4.69) is 24.9 Å². The SMILES string of the molecule is CC(C)Cc1cncc(-c2ccc(F)cc2)c1. The van der Waals surface area contributed by atoms with Crippen LogP contribution in [0.5, 0.6) is 0 Å². The Morgan fingerprint density at radius 1 is 1.06 bits per heavy atom. The van der Waals surface area contributed by atoms with Gasteiger partial charge >= 0.3 is 0 Å². The van der Waals surface area contributed by atoms with Gasteiger partial charge in [0, 0.05) is 18.0 Å². The molecule has 0 N–H and O–H groups in total. The molecular weight excluding hydrogens is 213 g/mol. The minimum atomic E-state index is -0.208. The van der Waals surface area contributed by atoms with Crippen LogP contribution >= 0.6 is 0 Å². The molecule has 0 radical (unpaired) electrons. The van der Waals surface area contributed by atoms with Crippen LogP contribution in [0.1, 0.15) is 19.4 Å². The van der Waals surface area contributed by atoms with Crippen LogP contribution in [0.15, 0.2) is 42.7 Å². The molecule has 0 unspecified atom stereocenters. The molecular formula is C15H16FN. The summed E-state index contributed by atoms with van der Waals surface area (Å²) >= 11 is 0. The van der Waals surface area contributed by atoms with E-state index in [9.17, 15) is 4.39 Å². The smallest absolute Gasteiger partial charge is 0.123 e. The lowest BCUT2D eigenvalue weighted by Crippen LogP contribution is -1.95. The molecule has 0 aliphatic carbocycles. The molecule has 0 aliphatic heterocycles. The van der Waals surface area contributed by atoms with E-state index in [4.69, 9.17) is 0 Å². The zero-order chi connectivity index (χ0) is 12.3. The highest BCUT2D eigenvalue weighted by molar-refractivity contribution is 5.62. The molecule has 17 heavy (non-hydrogen) atoms. The van der Waals surface area contributed by atoms with Crippen molar-refractivity contribution in [3.05, 3.63) is 54.1 Å².